The molecule has 0 aliphatic carbocycles. The Bertz CT molecular complexity index is 1390. The predicted molar refractivity (Wildman–Crippen MR) is 146 cm³/mol. The van der Waals surface area contributed by atoms with Crippen molar-refractivity contribution in [2.45, 2.75) is 59.9 Å². The van der Waals surface area contributed by atoms with Crippen LogP contribution in [0.25, 0.3) is 0 Å². The van der Waals surface area contributed by atoms with Gasteiger partial charge in [-0.05, 0) is 41.5 Å². The molecule has 3 heterocycles. The number of rotatable bonds is 12. The number of hydrogen-bond donors (Lipinski definition) is 0. The van der Waals surface area contributed by atoms with Gasteiger partial charge >= 0.3 is 77.2 Å². The molecule has 0 spiro atoms. The fourth-order valence-corrected chi connectivity index (χ4v) is 3.16. The van der Waals surface area contributed by atoms with Crippen LogP contribution in [0.5, 0.6) is 17.2 Å². The summed E-state index contributed by atoms with van der Waals surface area (Å²) in [7, 11) is 0. The van der Waals surface area contributed by atoms with E-state index in [2.05, 4.69) is 15.0 Å². The van der Waals surface area contributed by atoms with E-state index in [4.69, 9.17) is 14.2 Å². The third-order valence-corrected chi connectivity index (χ3v) is 4.77. The number of carbonyl (C=O) groups is 6. The molecule has 50 heavy (non-hydrogen) atoms. The smallest absolute Gasteiger partial charge is 0.543 e. The van der Waals surface area contributed by atoms with Crippen molar-refractivity contribution in [1.29, 1.82) is 0 Å². The minimum Gasteiger partial charge on any atom is -0.543 e. The van der Waals surface area contributed by atoms with Crippen LogP contribution in [0.15, 0.2) is 36.4 Å². The molecule has 0 bridgehead atoms. The van der Waals surface area contributed by atoms with Crippen LogP contribution in [0, 0.1) is 77.2 Å². The Balaban J connectivity index is 0. The maximum atomic E-state index is 10.6. The zero-order valence-electron chi connectivity index (χ0n) is 26.8. The zero-order valence-corrected chi connectivity index (χ0v) is 31.1. The van der Waals surface area contributed by atoms with Gasteiger partial charge in [-0.3, -0.25) is 0 Å². The van der Waals surface area contributed by atoms with Crippen molar-refractivity contribution in [3.05, 3.63) is 70.6 Å². The summed E-state index contributed by atoms with van der Waals surface area (Å²) in [5.74, 6) is -9.13. The van der Waals surface area contributed by atoms with Crippen LogP contribution in [0.4, 0.5) is 0 Å². The molecule has 0 aliphatic rings. The molecule has 3 aromatic heterocycles. The van der Waals surface area contributed by atoms with Crippen molar-refractivity contribution < 1.29 is 151 Å². The Labute approximate surface area is 346 Å². The van der Waals surface area contributed by atoms with Crippen LogP contribution in [0.2, 0.25) is 0 Å². The second kappa shape index (κ2) is 22.9. The monoisotopic (exact) mass is 987 g/mol. The fraction of sp³-hybridized carbons (Fsp3) is 0.300. The third kappa shape index (κ3) is 17.8. The molecule has 0 aromatic carbocycles. The van der Waals surface area contributed by atoms with Crippen LogP contribution < -0.4 is 44.8 Å². The summed E-state index contributed by atoms with van der Waals surface area (Å²) >= 11 is 0. The summed E-state index contributed by atoms with van der Waals surface area (Å²) in [5.41, 5.74) is -3.01. The average Bonchev–Trinajstić information content (AvgIpc) is 2.96. The standard InChI is InChI=1S/3C10H11NO5.2Tb/c3*1-5(2)16-6-3-7(9(12)13)11-8(4-6)10(14)15;;/h3*3-5H,1-2H3,(H,12,13)(H,14,15);;/q;;;2*+3/p-6. The van der Waals surface area contributed by atoms with Gasteiger partial charge in [-0.2, -0.15) is 0 Å². The molecule has 0 radical (unpaired) electrons. The van der Waals surface area contributed by atoms with Gasteiger partial charge in [0.25, 0.3) is 0 Å². The molecule has 270 valence electrons. The number of aromatic nitrogens is 3. The minimum atomic E-state index is -1.57. The number of nitrogens with zero attached hydrogens (tertiary/aromatic N) is 3. The zero-order chi connectivity index (χ0) is 36.9. The van der Waals surface area contributed by atoms with Gasteiger partial charge in [-0.15, -0.1) is 0 Å². The third-order valence-electron chi connectivity index (χ3n) is 4.77. The quantitative estimate of drug-likeness (QED) is 0.166. The molecular weight excluding hydrogens is 960 g/mol. The second-order valence-corrected chi connectivity index (χ2v) is 9.94. The second-order valence-electron chi connectivity index (χ2n) is 9.94. The molecule has 20 heteroatoms. The summed E-state index contributed by atoms with van der Waals surface area (Å²) < 4.78 is 15.5. The van der Waals surface area contributed by atoms with Crippen LogP contribution in [-0.2, 0) is 0 Å². The largest absolute Gasteiger partial charge is 3.00 e. The maximum absolute atomic E-state index is 10.6. The van der Waals surface area contributed by atoms with Crippen LogP contribution >= 0.6 is 0 Å². The number of aromatic carboxylic acids is 6. The summed E-state index contributed by atoms with van der Waals surface area (Å²) in [6.45, 7) is 10.3. The van der Waals surface area contributed by atoms with E-state index < -0.39 is 70.0 Å². The van der Waals surface area contributed by atoms with E-state index in [1.165, 1.54) is 0 Å². The van der Waals surface area contributed by atoms with Crippen molar-refractivity contribution in [2.24, 2.45) is 0 Å². The Morgan fingerprint density at radius 3 is 0.640 bits per heavy atom. The molecule has 0 fully saturated rings. The summed E-state index contributed by atoms with van der Waals surface area (Å²) in [4.78, 5) is 73.4. The van der Waals surface area contributed by atoms with Crippen molar-refractivity contribution in [3.63, 3.8) is 0 Å². The van der Waals surface area contributed by atoms with Crippen LogP contribution in [0.3, 0.4) is 0 Å². The molecule has 0 N–H and O–H groups in total. The Kier molecular flexibility index (Phi) is 22.1. The van der Waals surface area contributed by atoms with Gasteiger partial charge in [0.15, 0.2) is 0 Å². The minimum absolute atomic E-state index is 0. The first kappa shape index (κ1) is 48.4. The molecule has 3 rings (SSSR count). The first-order valence-corrected chi connectivity index (χ1v) is 13.5. The summed E-state index contributed by atoms with van der Waals surface area (Å²) in [5, 5.41) is 63.4. The molecule has 0 unspecified atom stereocenters. The molecule has 0 aliphatic heterocycles. The maximum Gasteiger partial charge on any atom is 3.00 e. The van der Waals surface area contributed by atoms with Gasteiger partial charge in [-0.25, -0.2) is 15.0 Å². The van der Waals surface area contributed by atoms with Gasteiger partial charge in [0.2, 0.25) is 0 Å². The SMILES string of the molecule is CC(C)Oc1cc(C(=O)[O-])nc(C(=O)[O-])c1.CC(C)Oc1cc(C(=O)[O-])nc(C(=O)[O-])c1.CC(C)Oc1cc(C(=O)[O-])nc(C(=O)[O-])c1.[Tb+3].[Tb+3]. The summed E-state index contributed by atoms with van der Waals surface area (Å²) in [6.07, 6.45) is -0.648. The summed E-state index contributed by atoms with van der Waals surface area (Å²) in [6, 6.07) is 6.59. The Morgan fingerprint density at radius 1 is 0.400 bits per heavy atom. The normalized spacial score (nSPS) is 9.78. The molecule has 0 saturated carbocycles. The van der Waals surface area contributed by atoms with Gasteiger partial charge in [0.05, 0.1) is 88.3 Å². The van der Waals surface area contributed by atoms with Crippen LogP contribution in [-0.4, -0.2) is 69.1 Å². The van der Waals surface area contributed by atoms with Gasteiger partial charge < -0.3 is 73.6 Å². The van der Waals surface area contributed by atoms with E-state index in [9.17, 15) is 59.4 Å². The predicted octanol–water partition coefficient (Wildman–Crippen LogP) is -4.21. The molecular formula is C30H27N3O15Tb2. The van der Waals surface area contributed by atoms with E-state index in [0.717, 1.165) is 36.4 Å². The topological polar surface area (TPSA) is 307 Å². The van der Waals surface area contributed by atoms with E-state index in [1.807, 2.05) is 0 Å². The number of pyridine rings is 3. The van der Waals surface area contributed by atoms with Gasteiger partial charge in [0, 0.05) is 36.4 Å². The molecule has 3 aromatic rings. The number of carboxylic acids is 6. The van der Waals surface area contributed by atoms with E-state index in [-0.39, 0.29) is 113 Å². The molecule has 18 nitrogen and oxygen atoms in total. The van der Waals surface area contributed by atoms with Crippen molar-refractivity contribution >= 4 is 35.8 Å². The number of carbonyl (C=O) groups excluding carboxylic acids is 6. The Hall–Kier alpha value is -3.76. The number of ether oxygens (including phenoxy) is 3. The van der Waals surface area contributed by atoms with Crippen molar-refractivity contribution in [1.82, 2.24) is 15.0 Å². The number of hydrogen-bond acceptors (Lipinski definition) is 18. The molecule has 0 amide bonds. The first-order valence-electron chi connectivity index (χ1n) is 13.5. The molecule has 0 atom stereocenters. The first-order chi connectivity index (χ1) is 22.2. The van der Waals surface area contributed by atoms with E-state index in [0.29, 0.717) is 0 Å². The van der Waals surface area contributed by atoms with Gasteiger partial charge in [-0.1, -0.05) is 0 Å². The van der Waals surface area contributed by atoms with Gasteiger partial charge in [0.1, 0.15) is 17.2 Å². The van der Waals surface area contributed by atoms with Crippen molar-refractivity contribution in [2.75, 3.05) is 0 Å². The average molecular weight is 987 g/mol. The van der Waals surface area contributed by atoms with E-state index in [1.54, 1.807) is 41.5 Å². The number of carboxylic acid groups (broad SMARTS) is 6. The van der Waals surface area contributed by atoms with Crippen molar-refractivity contribution in [3.8, 4) is 17.2 Å². The van der Waals surface area contributed by atoms with Crippen LogP contribution in [0.1, 0.15) is 104 Å². The Morgan fingerprint density at radius 2 is 0.540 bits per heavy atom. The van der Waals surface area contributed by atoms with E-state index >= 15 is 0 Å². The molecule has 0 saturated heterocycles. The fourth-order valence-electron chi connectivity index (χ4n) is 3.16.